The summed E-state index contributed by atoms with van der Waals surface area (Å²) < 4.78 is 0. The third-order valence-electron chi connectivity index (χ3n) is 3.97. The maximum atomic E-state index is 12.7. The van der Waals surface area contributed by atoms with Crippen LogP contribution in [0.5, 0.6) is 0 Å². The van der Waals surface area contributed by atoms with E-state index in [1.165, 1.54) is 0 Å². The molecule has 3 aromatic carbocycles. The summed E-state index contributed by atoms with van der Waals surface area (Å²) >= 11 is 4.09. The maximum Gasteiger partial charge on any atom is 0.337 e. The van der Waals surface area contributed by atoms with Crippen LogP contribution in [0.3, 0.4) is 0 Å². The lowest BCUT2D eigenvalue weighted by molar-refractivity contribution is 0.0692. The molecule has 0 aliphatic heterocycles. The average Bonchev–Trinajstić information content (AvgIpc) is 2.65. The van der Waals surface area contributed by atoms with Crippen LogP contribution in [0.2, 0.25) is 0 Å². The van der Waals surface area contributed by atoms with Gasteiger partial charge in [0.15, 0.2) is 0 Å². The monoisotopic (exact) mass is 351 g/mol. The van der Waals surface area contributed by atoms with Gasteiger partial charge >= 0.3 is 5.97 Å². The molecule has 0 unspecified atom stereocenters. The second-order valence-corrected chi connectivity index (χ2v) is 5.99. The molecule has 0 aromatic heterocycles. The fourth-order valence-corrected chi connectivity index (χ4v) is 3.02. The Morgan fingerprint density at radius 1 is 0.960 bits per heavy atom. The van der Waals surface area contributed by atoms with Gasteiger partial charge in [-0.3, -0.25) is 4.79 Å². The summed E-state index contributed by atoms with van der Waals surface area (Å²) in [7, 11) is 0. The van der Waals surface area contributed by atoms with E-state index in [-0.39, 0.29) is 11.1 Å². The van der Waals surface area contributed by atoms with Gasteiger partial charge in [-0.2, -0.15) is 12.6 Å². The fourth-order valence-electron chi connectivity index (χ4n) is 2.91. The van der Waals surface area contributed by atoms with Gasteiger partial charge in [0.25, 0.3) is 5.91 Å². The second-order valence-electron chi connectivity index (χ2n) is 5.55. The molecule has 0 heterocycles. The van der Waals surface area contributed by atoms with Gasteiger partial charge in [-0.05, 0) is 28.0 Å². The summed E-state index contributed by atoms with van der Waals surface area (Å²) in [6.45, 7) is 0.366. The van der Waals surface area contributed by atoms with Gasteiger partial charge in [0.05, 0.1) is 11.1 Å². The Balaban J connectivity index is 2.35. The number of carbonyl (C=O) groups excluding carboxylic acids is 1. The third-order valence-corrected chi connectivity index (χ3v) is 4.20. The molecular formula is C20H17NO3S. The lowest BCUT2D eigenvalue weighted by Crippen LogP contribution is -2.27. The maximum absolute atomic E-state index is 12.7. The molecule has 1 amide bonds. The number of fused-ring (bicyclic) bond motifs is 1. The molecule has 0 radical (unpaired) electrons. The number of hydrogen-bond acceptors (Lipinski definition) is 3. The Bertz CT molecular complexity index is 938. The van der Waals surface area contributed by atoms with E-state index in [0.29, 0.717) is 23.2 Å². The molecule has 0 fully saturated rings. The summed E-state index contributed by atoms with van der Waals surface area (Å²) in [5.74, 6) is -1.05. The lowest BCUT2D eigenvalue weighted by Gasteiger charge is -2.15. The average molecular weight is 351 g/mol. The standard InChI is InChI=1S/C20H17NO3S/c22-19(21-10-11-25)17-15-9-5-4-8-14(15)12-16(18(17)20(23)24)13-6-2-1-3-7-13/h1-9,12,25H,10-11H2,(H,21,22)(H,23,24). The minimum Gasteiger partial charge on any atom is -0.478 e. The first-order chi connectivity index (χ1) is 12.1. The summed E-state index contributed by atoms with van der Waals surface area (Å²) in [6.07, 6.45) is 0. The number of aromatic carboxylic acids is 1. The molecule has 3 aromatic rings. The number of amides is 1. The molecule has 5 heteroatoms. The van der Waals surface area contributed by atoms with Crippen LogP contribution in [0, 0.1) is 0 Å². The van der Waals surface area contributed by atoms with Crippen LogP contribution in [0.25, 0.3) is 21.9 Å². The zero-order valence-corrected chi connectivity index (χ0v) is 14.3. The molecule has 0 spiro atoms. The first-order valence-corrected chi connectivity index (χ1v) is 8.50. The number of benzene rings is 3. The summed E-state index contributed by atoms with van der Waals surface area (Å²) in [4.78, 5) is 24.8. The smallest absolute Gasteiger partial charge is 0.337 e. The number of rotatable bonds is 5. The van der Waals surface area contributed by atoms with Crippen LogP contribution in [0.15, 0.2) is 60.7 Å². The molecule has 4 nitrogen and oxygen atoms in total. The van der Waals surface area contributed by atoms with Crippen molar-refractivity contribution in [1.29, 1.82) is 0 Å². The normalized spacial score (nSPS) is 10.6. The summed E-state index contributed by atoms with van der Waals surface area (Å²) in [5, 5.41) is 14.0. The SMILES string of the molecule is O=C(O)c1c(-c2ccccc2)cc2ccccc2c1C(=O)NCCS. The van der Waals surface area contributed by atoms with Crippen molar-refractivity contribution in [3.8, 4) is 11.1 Å². The largest absolute Gasteiger partial charge is 0.478 e. The van der Waals surface area contributed by atoms with Crippen molar-refractivity contribution < 1.29 is 14.7 Å². The van der Waals surface area contributed by atoms with Crippen molar-refractivity contribution >= 4 is 35.3 Å². The van der Waals surface area contributed by atoms with Gasteiger partial charge in [-0.15, -0.1) is 0 Å². The molecule has 126 valence electrons. The van der Waals surface area contributed by atoms with Gasteiger partial charge in [0.2, 0.25) is 0 Å². The predicted molar refractivity (Wildman–Crippen MR) is 103 cm³/mol. The van der Waals surface area contributed by atoms with Crippen molar-refractivity contribution in [3.63, 3.8) is 0 Å². The van der Waals surface area contributed by atoms with E-state index in [4.69, 9.17) is 0 Å². The zero-order chi connectivity index (χ0) is 17.8. The highest BCUT2D eigenvalue weighted by atomic mass is 32.1. The van der Waals surface area contributed by atoms with Crippen LogP contribution in [0.4, 0.5) is 0 Å². The summed E-state index contributed by atoms with van der Waals surface area (Å²) in [6, 6.07) is 18.4. The molecule has 0 aliphatic rings. The van der Waals surface area contributed by atoms with Gasteiger partial charge < -0.3 is 10.4 Å². The number of carbonyl (C=O) groups is 2. The number of nitrogens with one attached hydrogen (secondary N) is 1. The Morgan fingerprint density at radius 3 is 2.32 bits per heavy atom. The molecule has 0 bridgehead atoms. The number of carboxylic acids is 1. The summed E-state index contributed by atoms with van der Waals surface area (Å²) in [5.41, 5.74) is 1.49. The van der Waals surface area contributed by atoms with E-state index in [9.17, 15) is 14.7 Å². The van der Waals surface area contributed by atoms with Crippen LogP contribution >= 0.6 is 12.6 Å². The lowest BCUT2D eigenvalue weighted by atomic mass is 9.90. The Morgan fingerprint density at radius 2 is 1.64 bits per heavy atom. The highest BCUT2D eigenvalue weighted by Gasteiger charge is 2.24. The van der Waals surface area contributed by atoms with Crippen molar-refractivity contribution in [2.75, 3.05) is 12.3 Å². The highest BCUT2D eigenvalue weighted by Crippen LogP contribution is 2.33. The fraction of sp³-hybridized carbons (Fsp3) is 0.100. The van der Waals surface area contributed by atoms with Gasteiger partial charge in [0.1, 0.15) is 0 Å². The van der Waals surface area contributed by atoms with Crippen LogP contribution in [-0.4, -0.2) is 29.3 Å². The molecule has 3 rings (SSSR count). The number of thiol groups is 1. The zero-order valence-electron chi connectivity index (χ0n) is 13.4. The van der Waals surface area contributed by atoms with Crippen molar-refractivity contribution in [2.24, 2.45) is 0 Å². The number of hydrogen-bond donors (Lipinski definition) is 3. The molecule has 2 N–H and O–H groups in total. The Kier molecular flexibility index (Phi) is 5.05. The molecule has 25 heavy (non-hydrogen) atoms. The van der Waals surface area contributed by atoms with E-state index in [1.54, 1.807) is 12.1 Å². The molecule has 0 saturated carbocycles. The molecular weight excluding hydrogens is 334 g/mol. The second kappa shape index (κ2) is 7.40. The first-order valence-electron chi connectivity index (χ1n) is 7.87. The first kappa shape index (κ1) is 17.0. The van der Waals surface area contributed by atoms with Crippen molar-refractivity contribution in [1.82, 2.24) is 5.32 Å². The molecule has 0 saturated heterocycles. The topological polar surface area (TPSA) is 66.4 Å². The van der Waals surface area contributed by atoms with Crippen LogP contribution in [-0.2, 0) is 0 Å². The van der Waals surface area contributed by atoms with E-state index in [0.717, 1.165) is 10.9 Å². The van der Waals surface area contributed by atoms with Crippen LogP contribution < -0.4 is 5.32 Å². The van der Waals surface area contributed by atoms with Crippen molar-refractivity contribution in [3.05, 3.63) is 71.8 Å². The van der Waals surface area contributed by atoms with E-state index >= 15 is 0 Å². The van der Waals surface area contributed by atoms with E-state index in [2.05, 4.69) is 17.9 Å². The third kappa shape index (κ3) is 3.37. The van der Waals surface area contributed by atoms with E-state index < -0.39 is 11.9 Å². The van der Waals surface area contributed by atoms with Gasteiger partial charge in [-0.1, -0.05) is 54.6 Å². The molecule has 0 aliphatic carbocycles. The quantitative estimate of drug-likeness (QED) is 0.612. The van der Waals surface area contributed by atoms with Gasteiger partial charge in [-0.25, -0.2) is 4.79 Å². The minimum absolute atomic E-state index is 0.0153. The minimum atomic E-state index is -1.12. The molecule has 0 atom stereocenters. The van der Waals surface area contributed by atoms with Gasteiger partial charge in [0, 0.05) is 12.3 Å². The predicted octanol–water partition coefficient (Wildman–Crippen LogP) is 3.86. The number of carboxylic acid groups (broad SMARTS) is 1. The van der Waals surface area contributed by atoms with Crippen molar-refractivity contribution in [2.45, 2.75) is 0 Å². The Labute approximate surface area is 150 Å². The van der Waals surface area contributed by atoms with Crippen LogP contribution in [0.1, 0.15) is 20.7 Å². The van der Waals surface area contributed by atoms with E-state index in [1.807, 2.05) is 48.5 Å². The highest BCUT2D eigenvalue weighted by molar-refractivity contribution is 7.80. The Hall–Kier alpha value is -2.79.